The molecule has 2 aromatic carbocycles. The molecule has 3 rings (SSSR count). The average Bonchev–Trinajstić information content (AvgIpc) is 2.55. The van der Waals surface area contributed by atoms with Crippen LogP contribution in [0.25, 0.3) is 0 Å². The fourth-order valence-electron chi connectivity index (χ4n) is 2.88. The van der Waals surface area contributed by atoms with E-state index < -0.39 is 15.1 Å². The molecule has 1 heterocycles. The maximum absolute atomic E-state index is 15.4. The molecule has 0 atom stereocenters. The third kappa shape index (κ3) is 1.54. The van der Waals surface area contributed by atoms with Crippen LogP contribution in [0.4, 0.5) is 16.8 Å². The molecule has 1 aliphatic heterocycles. The Bertz CT molecular complexity index is 645. The summed E-state index contributed by atoms with van der Waals surface area (Å²) in [6.45, 7) is 0. The van der Waals surface area contributed by atoms with E-state index in [4.69, 9.17) is 0 Å². The van der Waals surface area contributed by atoms with Gasteiger partial charge in [0, 0.05) is 0 Å². The van der Waals surface area contributed by atoms with Gasteiger partial charge in [0.05, 0.1) is 0 Å². The molecule has 0 amide bonds. The van der Waals surface area contributed by atoms with Gasteiger partial charge in [-0.1, -0.05) is 0 Å². The molecule has 2 nitrogen and oxygen atoms in total. The van der Waals surface area contributed by atoms with Gasteiger partial charge in [0.1, 0.15) is 0 Å². The quantitative estimate of drug-likeness (QED) is 0.566. The van der Waals surface area contributed by atoms with Crippen molar-refractivity contribution in [3.63, 3.8) is 0 Å². The Kier molecular flexibility index (Phi) is 3.07. The van der Waals surface area contributed by atoms with Crippen molar-refractivity contribution >= 4 is 25.7 Å². The van der Waals surface area contributed by atoms with Crippen molar-refractivity contribution in [3.05, 3.63) is 60.7 Å². The summed E-state index contributed by atoms with van der Waals surface area (Å²) in [7, 11) is -10.3. The first-order chi connectivity index (χ1) is 10.1. The van der Waals surface area contributed by atoms with Crippen molar-refractivity contribution in [1.82, 2.24) is 8.88 Å². The molecule has 2 aromatic rings. The van der Waals surface area contributed by atoms with Gasteiger partial charge in [0.25, 0.3) is 0 Å². The molecule has 0 radical (unpaired) electrons. The molecule has 1 saturated heterocycles. The third-order valence-corrected chi connectivity index (χ3v) is 14.2. The predicted molar refractivity (Wildman–Crippen MR) is 86.0 cm³/mol. The molecule has 0 N–H and O–H groups in total. The second kappa shape index (κ2) is 4.27. The average molecular weight is 350 g/mol. The normalized spacial score (nSPS) is 29.2. The van der Waals surface area contributed by atoms with Gasteiger partial charge in [0.15, 0.2) is 0 Å². The number of hydrogen-bond donors (Lipinski definition) is 0. The van der Waals surface area contributed by atoms with Crippen LogP contribution >= 0.6 is 15.1 Å². The van der Waals surface area contributed by atoms with Crippen LogP contribution in [0.1, 0.15) is 0 Å². The Balaban J connectivity index is 2.20. The standard InChI is InChI=1S/C14H16F4N2P2/c1-19-21(15,16,13-9-5-3-6-10-13)20(2)22(19,17,18)14-11-7-4-8-12-14/h3-12H,1-2H3. The molecule has 0 unspecified atom stereocenters. The van der Waals surface area contributed by atoms with Crippen LogP contribution in [0.3, 0.4) is 0 Å². The van der Waals surface area contributed by atoms with Crippen LogP contribution in [0.2, 0.25) is 0 Å². The van der Waals surface area contributed by atoms with E-state index in [2.05, 4.69) is 0 Å². The molecule has 0 bridgehead atoms. The Morgan fingerprint density at radius 3 is 1.14 bits per heavy atom. The summed E-state index contributed by atoms with van der Waals surface area (Å²) in [6.07, 6.45) is 0. The van der Waals surface area contributed by atoms with Gasteiger partial charge in [-0.15, -0.1) is 0 Å². The van der Waals surface area contributed by atoms with Gasteiger partial charge in [-0.05, 0) is 0 Å². The molecule has 1 fully saturated rings. The molecular weight excluding hydrogens is 334 g/mol. The van der Waals surface area contributed by atoms with E-state index in [1.807, 2.05) is 0 Å². The van der Waals surface area contributed by atoms with Crippen molar-refractivity contribution < 1.29 is 16.8 Å². The Hall–Kier alpha value is -1.06. The molecule has 0 aliphatic carbocycles. The fourth-order valence-corrected chi connectivity index (χ4v) is 12.6. The summed E-state index contributed by atoms with van der Waals surface area (Å²) in [5, 5.41) is -0.685. The summed E-state index contributed by atoms with van der Waals surface area (Å²) < 4.78 is 61.8. The Labute approximate surface area is 126 Å². The van der Waals surface area contributed by atoms with Gasteiger partial charge in [-0.25, -0.2) is 0 Å². The van der Waals surface area contributed by atoms with Crippen molar-refractivity contribution in [2.24, 2.45) is 0 Å². The number of hydrogen-bond acceptors (Lipinski definition) is 2. The van der Waals surface area contributed by atoms with E-state index in [0.717, 1.165) is 14.1 Å². The Morgan fingerprint density at radius 2 is 0.864 bits per heavy atom. The van der Waals surface area contributed by atoms with E-state index in [1.54, 1.807) is 12.1 Å². The second-order valence-corrected chi connectivity index (χ2v) is 12.7. The zero-order valence-corrected chi connectivity index (χ0v) is 13.9. The summed E-state index contributed by atoms with van der Waals surface area (Å²) >= 11 is 0. The van der Waals surface area contributed by atoms with Crippen LogP contribution < -0.4 is 10.6 Å². The summed E-state index contributed by atoms with van der Waals surface area (Å²) in [5.41, 5.74) is 0. The monoisotopic (exact) mass is 350 g/mol. The van der Waals surface area contributed by atoms with E-state index in [9.17, 15) is 0 Å². The fraction of sp³-hybridized carbons (Fsp3) is 0.143. The van der Waals surface area contributed by atoms with Gasteiger partial charge in [0.2, 0.25) is 0 Å². The number of halogens is 4. The summed E-state index contributed by atoms with van der Waals surface area (Å²) in [6, 6.07) is 13.8. The maximum atomic E-state index is 15.4. The zero-order chi connectivity index (χ0) is 16.3. The van der Waals surface area contributed by atoms with Crippen LogP contribution in [-0.4, -0.2) is 23.0 Å². The van der Waals surface area contributed by atoms with Crippen LogP contribution in [0.5, 0.6) is 0 Å². The molecule has 0 aromatic heterocycles. The minimum atomic E-state index is -5.99. The topological polar surface area (TPSA) is 6.48 Å². The third-order valence-electron chi connectivity index (χ3n) is 4.34. The number of rotatable bonds is 2. The number of nitrogens with zero attached hydrogens (tertiary/aromatic N) is 2. The van der Waals surface area contributed by atoms with E-state index in [-0.39, 0.29) is 19.5 Å². The van der Waals surface area contributed by atoms with Gasteiger partial charge < -0.3 is 0 Å². The predicted octanol–water partition coefficient (Wildman–Crippen LogP) is 4.82. The van der Waals surface area contributed by atoms with E-state index in [0.29, 0.717) is 0 Å². The van der Waals surface area contributed by atoms with Gasteiger partial charge in [-0.3, -0.25) is 0 Å². The molecule has 8 heteroatoms. The molecule has 120 valence electrons. The SMILES string of the molecule is CN1P(F)(F)(c2ccccc2)N(C)P1(F)(F)c1ccccc1. The molecule has 0 spiro atoms. The van der Waals surface area contributed by atoms with Gasteiger partial charge >= 0.3 is 126 Å². The molecule has 0 saturated carbocycles. The summed E-state index contributed by atoms with van der Waals surface area (Å²) in [5.74, 6) is 0. The molecule has 1 aliphatic rings. The van der Waals surface area contributed by atoms with Crippen molar-refractivity contribution in [2.45, 2.75) is 0 Å². The zero-order valence-electron chi connectivity index (χ0n) is 12.1. The first-order valence-corrected chi connectivity index (χ1v) is 10.5. The second-order valence-electron chi connectivity index (χ2n) is 5.30. The van der Waals surface area contributed by atoms with Crippen molar-refractivity contribution in [1.29, 1.82) is 0 Å². The van der Waals surface area contributed by atoms with Gasteiger partial charge in [-0.2, -0.15) is 0 Å². The Morgan fingerprint density at radius 1 is 0.591 bits per heavy atom. The van der Waals surface area contributed by atoms with Crippen molar-refractivity contribution in [3.8, 4) is 0 Å². The first kappa shape index (κ1) is 15.8. The van der Waals surface area contributed by atoms with Crippen molar-refractivity contribution in [2.75, 3.05) is 14.1 Å². The van der Waals surface area contributed by atoms with E-state index in [1.165, 1.54) is 48.5 Å². The first-order valence-electron chi connectivity index (χ1n) is 6.64. The van der Waals surface area contributed by atoms with Crippen LogP contribution in [-0.2, 0) is 0 Å². The summed E-state index contributed by atoms with van der Waals surface area (Å²) in [4.78, 5) is 0. The minimum absolute atomic E-state index is 0.0852. The molecule has 22 heavy (non-hydrogen) atoms. The molecular formula is C14H16F4N2P2. The van der Waals surface area contributed by atoms with Crippen LogP contribution in [0, 0.1) is 0 Å². The van der Waals surface area contributed by atoms with Crippen LogP contribution in [0.15, 0.2) is 60.7 Å². The number of benzene rings is 2. The van der Waals surface area contributed by atoms with E-state index >= 15 is 16.8 Å².